The van der Waals surface area contributed by atoms with Crippen molar-refractivity contribution in [3.63, 3.8) is 0 Å². The van der Waals surface area contributed by atoms with E-state index in [1.54, 1.807) is 5.38 Å². The number of thioether (sulfide) groups is 2. The minimum absolute atomic E-state index is 0. The largest absolute Gasteiger partial charge is 1.00 e. The minimum Gasteiger partial charge on any atom is -1.00 e. The number of amides is 2. The second kappa shape index (κ2) is 23.3. The molecular weight excluding hydrogens is 988 g/mol. The molecule has 0 bridgehead atoms. The number of pyridine rings is 1. The number of carbonyl (C=O) groups is 4. The van der Waals surface area contributed by atoms with Crippen LogP contribution in [0.15, 0.2) is 203 Å². The Morgan fingerprint density at radius 1 is 0.833 bits per heavy atom. The first-order chi connectivity index (χ1) is 34.6. The van der Waals surface area contributed by atoms with Crippen molar-refractivity contribution in [1.82, 2.24) is 15.2 Å². The summed E-state index contributed by atoms with van der Waals surface area (Å²) in [6, 6.07) is 51.4. The Hall–Kier alpha value is -7.24. The van der Waals surface area contributed by atoms with E-state index in [0.29, 0.717) is 22.2 Å². The number of nitrogens with zero attached hydrogens (tertiary/aromatic N) is 4. The normalized spacial score (nSPS) is 15.9. The number of benzene rings is 5. The van der Waals surface area contributed by atoms with Crippen LogP contribution in [-0.4, -0.2) is 73.5 Å². The minimum atomic E-state index is -1.30. The number of carboxylic acid groups (broad SMARTS) is 1. The van der Waals surface area contributed by atoms with E-state index in [1.165, 1.54) is 46.7 Å². The monoisotopic (exact) mass is 1040 g/mol. The van der Waals surface area contributed by atoms with E-state index >= 15 is 0 Å². The van der Waals surface area contributed by atoms with E-state index < -0.39 is 52.9 Å². The molecule has 2 aromatic heterocycles. The number of aliphatic carboxylic acids is 1. The maximum atomic E-state index is 14.6. The highest BCUT2D eigenvalue weighted by Gasteiger charge is 2.54. The number of rotatable bonds is 19. The van der Waals surface area contributed by atoms with E-state index in [-0.39, 0.29) is 29.5 Å². The Labute approximate surface area is 435 Å². The van der Waals surface area contributed by atoms with Crippen LogP contribution in [0.1, 0.15) is 53.5 Å². The average Bonchev–Trinajstić information content (AvgIpc) is 3.89. The Kier molecular flexibility index (Phi) is 16.6. The molecule has 0 spiro atoms. The molecule has 1 saturated heterocycles. The number of aryl methyl sites for hydroxylation is 1. The number of fused-ring (bicyclic) bond motifs is 1. The van der Waals surface area contributed by atoms with Crippen LogP contribution in [0.4, 0.5) is 5.13 Å². The van der Waals surface area contributed by atoms with E-state index in [0.717, 1.165) is 39.3 Å². The zero-order valence-electron chi connectivity index (χ0n) is 39.0. The third-order valence-electron chi connectivity index (χ3n) is 12.1. The Morgan fingerprint density at radius 2 is 1.36 bits per heavy atom. The maximum absolute atomic E-state index is 14.6. The molecule has 0 aliphatic carbocycles. The summed E-state index contributed by atoms with van der Waals surface area (Å²) in [7, 11) is 0. The second-order valence-corrected chi connectivity index (χ2v) is 19.6. The number of carboxylic acids is 1. The van der Waals surface area contributed by atoms with E-state index in [2.05, 4.69) is 15.8 Å². The van der Waals surface area contributed by atoms with Crippen molar-refractivity contribution < 1.29 is 50.8 Å². The molecule has 9 rings (SSSR count). The quantitative estimate of drug-likeness (QED) is 0.0170. The fraction of sp³-hybridized carbons (Fsp3) is 0.182. The SMILES string of the molecule is CC[n+]1ccc(SCC2=C(C(=O)O)N3C(=O)[C@@H](NC(=O)/C(=N\O[C@@H](C)C(=O)OC(c4ccccc4)c4ccccc4)c4csc(NC(c5ccccc5)(c5ccccc5)c5ccccc5)n4)[C@H]3SC2)cc1.[Cl-]. The van der Waals surface area contributed by atoms with Gasteiger partial charge in [0.1, 0.15) is 34.9 Å². The van der Waals surface area contributed by atoms with Crippen molar-refractivity contribution in [3.8, 4) is 0 Å². The van der Waals surface area contributed by atoms with Gasteiger partial charge in [-0.3, -0.25) is 14.5 Å². The van der Waals surface area contributed by atoms with Gasteiger partial charge in [-0.2, -0.15) is 0 Å². The number of oxime groups is 1. The predicted molar refractivity (Wildman–Crippen MR) is 276 cm³/mol. The summed E-state index contributed by atoms with van der Waals surface area (Å²) in [5.74, 6) is -2.66. The molecule has 366 valence electrons. The topological polar surface area (TPSA) is 163 Å². The van der Waals surface area contributed by atoms with Gasteiger partial charge in [0, 0.05) is 33.9 Å². The van der Waals surface area contributed by atoms with Crippen molar-refractivity contribution in [2.75, 3.05) is 16.8 Å². The number of halogens is 1. The van der Waals surface area contributed by atoms with Crippen molar-refractivity contribution >= 4 is 69.5 Å². The summed E-state index contributed by atoms with van der Waals surface area (Å²) in [5, 5.41) is 22.6. The standard InChI is InChI=1S/C55H48N6O7S3.ClH/c1-3-60-31-29-43(30-32-60)69-33-39-34-70-51-46(50(63)61(51)47(39)52(64)65)57-49(62)45(59-68-36(2)53(66)67-48(37-19-9-4-10-20-37)38-21-11-5-12-22-38)44-35-71-54(56-44)58-55(40-23-13-6-14-24-40,41-25-15-7-16-26-41)42-27-17-8-18-28-42;/h4-32,35-36,46,48,51H,3,33-34H2,1-2H3,(H2-,56,57,58,62,64,65);1H/b59-45-;/t36-,46+,51+;/m0./s1. The number of nitrogens with one attached hydrogen (secondary N) is 2. The lowest BCUT2D eigenvalue weighted by Gasteiger charge is -2.49. The summed E-state index contributed by atoms with van der Waals surface area (Å²) in [6.45, 7) is 4.34. The molecule has 1 fully saturated rings. The van der Waals surface area contributed by atoms with Gasteiger partial charge in [-0.1, -0.05) is 157 Å². The third-order valence-corrected chi connectivity index (χ3v) is 15.3. The number of hydrogen-bond donors (Lipinski definition) is 3. The molecule has 5 aromatic carbocycles. The molecule has 4 heterocycles. The van der Waals surface area contributed by atoms with Crippen LogP contribution in [0, 0.1) is 0 Å². The van der Waals surface area contributed by atoms with Crippen molar-refractivity contribution in [3.05, 3.63) is 226 Å². The lowest BCUT2D eigenvalue weighted by molar-refractivity contribution is -0.693. The number of β-lactam (4-membered cyclic amide) rings is 1. The van der Waals surface area contributed by atoms with Crippen LogP contribution in [0.25, 0.3) is 0 Å². The fourth-order valence-electron chi connectivity index (χ4n) is 8.48. The summed E-state index contributed by atoms with van der Waals surface area (Å²) >= 11 is 4.09. The fourth-order valence-corrected chi connectivity index (χ4v) is 11.6. The first kappa shape index (κ1) is 51.1. The van der Waals surface area contributed by atoms with Gasteiger partial charge in [0.2, 0.25) is 6.10 Å². The van der Waals surface area contributed by atoms with Crippen molar-refractivity contribution in [2.24, 2.45) is 5.16 Å². The van der Waals surface area contributed by atoms with Crippen LogP contribution in [0.3, 0.4) is 0 Å². The molecule has 0 radical (unpaired) electrons. The van der Waals surface area contributed by atoms with Gasteiger partial charge >= 0.3 is 11.9 Å². The molecule has 2 amide bonds. The zero-order chi connectivity index (χ0) is 49.3. The van der Waals surface area contributed by atoms with Gasteiger partial charge in [0.15, 0.2) is 29.3 Å². The smallest absolute Gasteiger partial charge is 0.352 e. The number of anilines is 1. The number of aromatic nitrogens is 2. The summed E-state index contributed by atoms with van der Waals surface area (Å²) < 4.78 is 8.09. The average molecular weight is 1040 g/mol. The van der Waals surface area contributed by atoms with Gasteiger partial charge in [-0.05, 0) is 47.2 Å². The molecule has 0 unspecified atom stereocenters. The highest BCUT2D eigenvalue weighted by atomic mass is 35.5. The summed E-state index contributed by atoms with van der Waals surface area (Å²) in [6.07, 6.45) is 1.87. The number of hydrogen-bond acceptors (Lipinski definition) is 12. The number of ether oxygens (including phenoxy) is 1. The van der Waals surface area contributed by atoms with Crippen LogP contribution in [0.5, 0.6) is 0 Å². The van der Waals surface area contributed by atoms with Gasteiger partial charge in [-0.25, -0.2) is 19.1 Å². The molecule has 7 aromatic rings. The Bertz CT molecular complexity index is 2920. The highest BCUT2D eigenvalue weighted by Crippen LogP contribution is 2.43. The van der Waals surface area contributed by atoms with Crippen LogP contribution >= 0.6 is 34.9 Å². The van der Waals surface area contributed by atoms with E-state index in [4.69, 9.17) is 14.6 Å². The van der Waals surface area contributed by atoms with Gasteiger partial charge in [0.05, 0.1) is 0 Å². The van der Waals surface area contributed by atoms with Crippen molar-refractivity contribution in [2.45, 2.75) is 54.5 Å². The van der Waals surface area contributed by atoms with Crippen LogP contribution < -0.4 is 27.6 Å². The molecule has 3 N–H and O–H groups in total. The summed E-state index contributed by atoms with van der Waals surface area (Å²) in [4.78, 5) is 68.2. The molecular formula is C55H49ClN6O7S3. The number of carbonyl (C=O) groups excluding carboxylic acids is 3. The first-order valence-electron chi connectivity index (χ1n) is 22.9. The van der Waals surface area contributed by atoms with Gasteiger partial charge in [-0.15, -0.1) is 34.9 Å². The third kappa shape index (κ3) is 11.0. The number of esters is 1. The van der Waals surface area contributed by atoms with E-state index in [1.807, 2.05) is 188 Å². The van der Waals surface area contributed by atoms with Gasteiger partial charge < -0.3 is 37.7 Å². The molecule has 2 aliphatic rings. The Morgan fingerprint density at radius 3 is 1.88 bits per heavy atom. The molecule has 3 atom stereocenters. The summed E-state index contributed by atoms with van der Waals surface area (Å²) in [5.41, 5.74) is 3.64. The lowest BCUT2D eigenvalue weighted by atomic mass is 9.77. The molecule has 0 saturated carbocycles. The number of thiazole rings is 1. The van der Waals surface area contributed by atoms with Crippen molar-refractivity contribution in [1.29, 1.82) is 0 Å². The van der Waals surface area contributed by atoms with Gasteiger partial charge in [0.25, 0.3) is 11.8 Å². The maximum Gasteiger partial charge on any atom is 0.352 e. The lowest BCUT2D eigenvalue weighted by Crippen LogP contribution is -3.00. The predicted octanol–water partition coefficient (Wildman–Crippen LogP) is 5.83. The van der Waals surface area contributed by atoms with E-state index in [9.17, 15) is 24.3 Å². The molecule has 13 nitrogen and oxygen atoms in total. The first-order valence-corrected chi connectivity index (χ1v) is 25.8. The highest BCUT2D eigenvalue weighted by molar-refractivity contribution is 8.01. The zero-order valence-corrected chi connectivity index (χ0v) is 42.2. The molecule has 17 heteroatoms. The van der Waals surface area contributed by atoms with Crippen LogP contribution in [-0.2, 0) is 40.8 Å². The second-order valence-electron chi connectivity index (χ2n) is 16.6. The Balaban J connectivity index is 0.00000693. The molecule has 2 aliphatic heterocycles. The molecule has 72 heavy (non-hydrogen) atoms. The van der Waals surface area contributed by atoms with Crippen LogP contribution in [0.2, 0.25) is 0 Å².